The molecule has 0 amide bonds. The van der Waals surface area contributed by atoms with Gasteiger partial charge in [-0.3, -0.25) is 21.7 Å². The molecule has 294 valence electrons. The number of hydrogen-bond donors (Lipinski definition) is 6. The summed E-state index contributed by atoms with van der Waals surface area (Å²) >= 11 is 0. The van der Waals surface area contributed by atoms with Gasteiger partial charge in [0.2, 0.25) is 0 Å². The molecule has 0 heterocycles. The van der Waals surface area contributed by atoms with Crippen LogP contribution in [-0.4, -0.2) is 11.4 Å². The minimum absolute atomic E-state index is 0.195. The highest BCUT2D eigenvalue weighted by molar-refractivity contribution is 6.22. The summed E-state index contributed by atoms with van der Waals surface area (Å²) in [5.74, 6) is 0. The Morgan fingerprint density at radius 3 is 1.02 bits per heavy atom. The van der Waals surface area contributed by atoms with Crippen molar-refractivity contribution in [3.63, 3.8) is 0 Å². The number of benzene rings is 4. The molecule has 0 saturated carbocycles. The summed E-state index contributed by atoms with van der Waals surface area (Å²) in [6.45, 7) is 18.4. The van der Waals surface area contributed by atoms with Crippen molar-refractivity contribution in [3.05, 3.63) is 190 Å². The van der Waals surface area contributed by atoms with E-state index in [1.807, 2.05) is 97.1 Å². The lowest BCUT2D eigenvalue weighted by Crippen LogP contribution is -2.58. The summed E-state index contributed by atoms with van der Waals surface area (Å²) in [6, 6.07) is 40.8. The molecule has 4 aromatic rings. The van der Waals surface area contributed by atoms with Crippen molar-refractivity contribution in [2.45, 2.75) is 55.4 Å². The van der Waals surface area contributed by atoms with Crippen molar-refractivity contribution in [2.24, 2.45) is 31.9 Å². The van der Waals surface area contributed by atoms with E-state index >= 15 is 0 Å². The quantitative estimate of drug-likeness (QED) is 0.0900. The SMILES string of the molecule is CC(C)(C)C1=CC2=C(NNc3ccccc3)/C(=N/Nc3ccccc3)C3=CC(C(C)(C)C)=CC4=C(NNc5ccccc5)/C(=N/Nc5ccccc5)C(=C1)C2(C)C34C. The molecule has 8 heteroatoms. The number of hydrazine groups is 2. The molecular weight excluding hydrogens is 713 g/mol. The summed E-state index contributed by atoms with van der Waals surface area (Å²) < 4.78 is 0. The second-order valence-electron chi connectivity index (χ2n) is 17.8. The van der Waals surface area contributed by atoms with E-state index in [0.717, 1.165) is 67.9 Å². The highest BCUT2D eigenvalue weighted by Gasteiger charge is 2.64. The van der Waals surface area contributed by atoms with Crippen LogP contribution in [0.3, 0.4) is 0 Å². The molecule has 0 radical (unpaired) electrons. The average Bonchev–Trinajstić information content (AvgIpc) is 3.21. The Morgan fingerprint density at radius 2 is 0.707 bits per heavy atom. The van der Waals surface area contributed by atoms with Crippen molar-refractivity contribution in [1.82, 2.24) is 10.9 Å². The molecule has 0 fully saturated rings. The number of para-hydroxylation sites is 4. The van der Waals surface area contributed by atoms with Gasteiger partial charge in [-0.05, 0) is 92.8 Å². The third-order valence-corrected chi connectivity index (χ3v) is 12.0. The molecule has 6 N–H and O–H groups in total. The zero-order chi connectivity index (χ0) is 40.7. The Bertz CT molecular complexity index is 2280. The van der Waals surface area contributed by atoms with E-state index in [1.165, 1.54) is 11.1 Å². The average molecular weight is 767 g/mol. The van der Waals surface area contributed by atoms with Crippen molar-refractivity contribution < 1.29 is 0 Å². The van der Waals surface area contributed by atoms with Gasteiger partial charge in [-0.15, -0.1) is 0 Å². The summed E-state index contributed by atoms with van der Waals surface area (Å²) in [7, 11) is 0. The number of allylic oxidation sites excluding steroid dienone is 10. The topological polar surface area (TPSA) is 96.9 Å². The van der Waals surface area contributed by atoms with Gasteiger partial charge < -0.3 is 10.9 Å². The van der Waals surface area contributed by atoms with Crippen LogP contribution in [0.5, 0.6) is 0 Å². The van der Waals surface area contributed by atoms with E-state index in [9.17, 15) is 0 Å². The fourth-order valence-corrected chi connectivity index (χ4v) is 8.36. The zero-order valence-electron chi connectivity index (χ0n) is 34.8. The maximum Gasteiger partial charge on any atom is 0.113 e. The van der Waals surface area contributed by atoms with Crippen LogP contribution in [0.4, 0.5) is 22.7 Å². The summed E-state index contributed by atoms with van der Waals surface area (Å²) in [5.41, 5.74) is 33.9. The minimum atomic E-state index is -0.621. The Labute approximate surface area is 343 Å². The number of nitrogens with zero attached hydrogens (tertiary/aromatic N) is 2. The predicted octanol–water partition coefficient (Wildman–Crippen LogP) is 11.5. The van der Waals surface area contributed by atoms with Gasteiger partial charge in [0.25, 0.3) is 0 Å². The molecule has 8 rings (SSSR count). The molecule has 2 unspecified atom stereocenters. The maximum absolute atomic E-state index is 5.36. The molecule has 4 aliphatic carbocycles. The van der Waals surface area contributed by atoms with Crippen LogP contribution in [0.1, 0.15) is 55.4 Å². The lowest BCUT2D eigenvalue weighted by molar-refractivity contribution is 0.247. The van der Waals surface area contributed by atoms with Gasteiger partial charge in [-0.25, -0.2) is 0 Å². The van der Waals surface area contributed by atoms with Crippen LogP contribution in [0.25, 0.3) is 0 Å². The molecule has 0 bridgehead atoms. The number of anilines is 4. The highest BCUT2D eigenvalue weighted by atomic mass is 15.4. The summed E-state index contributed by atoms with van der Waals surface area (Å²) in [5, 5.41) is 10.7. The Kier molecular flexibility index (Phi) is 9.75. The molecule has 0 spiro atoms. The van der Waals surface area contributed by atoms with E-state index in [4.69, 9.17) is 10.2 Å². The van der Waals surface area contributed by atoms with Gasteiger partial charge in [-0.1, -0.05) is 152 Å². The van der Waals surface area contributed by atoms with E-state index < -0.39 is 10.8 Å². The van der Waals surface area contributed by atoms with Crippen LogP contribution in [-0.2, 0) is 0 Å². The Hall–Kier alpha value is -6.54. The fourth-order valence-electron chi connectivity index (χ4n) is 8.36. The Morgan fingerprint density at radius 1 is 0.397 bits per heavy atom. The van der Waals surface area contributed by atoms with E-state index in [-0.39, 0.29) is 10.8 Å². The van der Waals surface area contributed by atoms with Gasteiger partial charge in [0.05, 0.1) is 34.1 Å². The third-order valence-electron chi connectivity index (χ3n) is 12.0. The summed E-state index contributed by atoms with van der Waals surface area (Å²) in [6.07, 6.45) is 9.55. The number of hydrogen-bond acceptors (Lipinski definition) is 8. The summed E-state index contributed by atoms with van der Waals surface area (Å²) in [4.78, 5) is 0. The van der Waals surface area contributed by atoms with Crippen LogP contribution >= 0.6 is 0 Å². The van der Waals surface area contributed by atoms with Gasteiger partial charge in [-0.2, -0.15) is 10.2 Å². The van der Waals surface area contributed by atoms with Crippen LogP contribution < -0.4 is 32.6 Å². The molecule has 58 heavy (non-hydrogen) atoms. The smallest absolute Gasteiger partial charge is 0.113 e. The highest BCUT2D eigenvalue weighted by Crippen LogP contribution is 2.68. The molecular formula is C50H54N8. The Balaban J connectivity index is 1.46. The number of rotatable bonds is 10. The van der Waals surface area contributed by atoms with Gasteiger partial charge in [0.1, 0.15) is 11.4 Å². The maximum atomic E-state index is 5.36. The molecule has 0 saturated heterocycles. The van der Waals surface area contributed by atoms with Gasteiger partial charge >= 0.3 is 0 Å². The monoisotopic (exact) mass is 766 g/mol. The fraction of sp³-hybridized carbons (Fsp3) is 0.240. The molecule has 0 aromatic heterocycles. The first kappa shape index (κ1) is 38.3. The predicted molar refractivity (Wildman–Crippen MR) is 243 cm³/mol. The van der Waals surface area contributed by atoms with E-state index in [2.05, 4.69) is 137 Å². The molecule has 8 nitrogen and oxygen atoms in total. The van der Waals surface area contributed by atoms with E-state index in [0.29, 0.717) is 0 Å². The first-order valence-corrected chi connectivity index (χ1v) is 20.1. The van der Waals surface area contributed by atoms with Crippen molar-refractivity contribution in [3.8, 4) is 0 Å². The van der Waals surface area contributed by atoms with Crippen molar-refractivity contribution in [1.29, 1.82) is 0 Å². The van der Waals surface area contributed by atoms with Gasteiger partial charge in [0.15, 0.2) is 0 Å². The van der Waals surface area contributed by atoms with E-state index in [1.54, 1.807) is 0 Å². The lowest BCUT2D eigenvalue weighted by Gasteiger charge is -2.60. The first-order valence-electron chi connectivity index (χ1n) is 20.1. The lowest BCUT2D eigenvalue weighted by atomic mass is 9.43. The molecule has 4 aromatic carbocycles. The standard InChI is InChI=1S/C50H54N8/c1-47(2,3)33-29-39-43(55-51-35-21-13-9-14-22-35)45(57-53-37-25-17-11-18-26-37)41-31-34(48(4,5)6)32-42-46(58-54-38-27-19-12-20-28-38)44(56-52-36-23-15-10-16-24-36)40(30-33)49(39,7)50(41,42)8/h9-32,51-55,58H,1-8H3/b56-44+,57-45+. The second kappa shape index (κ2) is 14.8. The van der Waals surface area contributed by atoms with Crippen LogP contribution in [0.15, 0.2) is 201 Å². The third kappa shape index (κ3) is 6.82. The second-order valence-corrected chi connectivity index (χ2v) is 17.8. The van der Waals surface area contributed by atoms with Crippen LogP contribution in [0.2, 0.25) is 0 Å². The largest absolute Gasteiger partial charge is 0.301 e. The molecule has 2 atom stereocenters. The number of hydrazone groups is 2. The zero-order valence-corrected chi connectivity index (χ0v) is 34.8. The van der Waals surface area contributed by atoms with Crippen molar-refractivity contribution in [2.75, 3.05) is 21.7 Å². The normalized spacial score (nSPS) is 22.6. The first-order chi connectivity index (χ1) is 27.8. The molecule has 4 aliphatic rings. The van der Waals surface area contributed by atoms with Crippen molar-refractivity contribution >= 4 is 34.2 Å². The van der Waals surface area contributed by atoms with Crippen LogP contribution in [0, 0.1) is 21.7 Å². The number of nitrogens with one attached hydrogen (secondary N) is 6. The molecule has 0 aliphatic heterocycles. The minimum Gasteiger partial charge on any atom is -0.301 e. The van der Waals surface area contributed by atoms with Gasteiger partial charge in [0, 0.05) is 10.8 Å².